The van der Waals surface area contributed by atoms with Crippen molar-refractivity contribution >= 4 is 5.91 Å². The lowest BCUT2D eigenvalue weighted by Crippen LogP contribution is -2.24. The Morgan fingerprint density at radius 3 is 2.58 bits per heavy atom. The summed E-state index contributed by atoms with van der Waals surface area (Å²) in [5.74, 6) is -0.291. The fourth-order valence-electron chi connectivity index (χ4n) is 3.08. The van der Waals surface area contributed by atoms with Gasteiger partial charge in [0.1, 0.15) is 5.75 Å². The summed E-state index contributed by atoms with van der Waals surface area (Å²) < 4.78 is 44.5. The maximum Gasteiger partial charge on any atom is 0.416 e. The van der Waals surface area contributed by atoms with Crippen LogP contribution in [-0.2, 0) is 25.6 Å². The van der Waals surface area contributed by atoms with E-state index in [0.29, 0.717) is 5.56 Å². The summed E-state index contributed by atoms with van der Waals surface area (Å²) in [5.41, 5.74) is 2.87. The lowest BCUT2D eigenvalue weighted by atomic mass is 10.0. The molecule has 3 rings (SSSR count). The summed E-state index contributed by atoms with van der Waals surface area (Å²) >= 11 is 0. The third-order valence-corrected chi connectivity index (χ3v) is 4.41. The van der Waals surface area contributed by atoms with Crippen LogP contribution in [-0.4, -0.2) is 13.0 Å². The number of alkyl halides is 3. The van der Waals surface area contributed by atoms with E-state index in [4.69, 9.17) is 4.74 Å². The minimum atomic E-state index is -4.53. The molecule has 0 aliphatic heterocycles. The minimum Gasteiger partial charge on any atom is -0.497 e. The summed E-state index contributed by atoms with van der Waals surface area (Å²) in [6, 6.07) is 9.03. The second-order valence-corrected chi connectivity index (χ2v) is 6.29. The van der Waals surface area contributed by atoms with Crippen LogP contribution in [0.1, 0.15) is 32.6 Å². The zero-order valence-electron chi connectivity index (χ0n) is 14.2. The van der Waals surface area contributed by atoms with E-state index in [1.54, 1.807) is 12.1 Å². The standard InChI is InChI=1S/C20H18F3NO2/c1-12-7-13-3-4-14(9-16(13)8-12)19(25)24-11-15-5-6-17(26-2)10-18(15)20(21,22)23/h3-6,9-10H,1,7-8,11H2,2H3,(H,24,25). The molecule has 0 aromatic heterocycles. The van der Waals surface area contributed by atoms with Gasteiger partial charge >= 0.3 is 6.18 Å². The molecule has 1 aliphatic carbocycles. The van der Waals surface area contributed by atoms with Gasteiger partial charge in [0, 0.05) is 12.1 Å². The Balaban J connectivity index is 1.76. The number of amides is 1. The summed E-state index contributed by atoms with van der Waals surface area (Å²) in [4.78, 5) is 12.3. The number of halogens is 3. The SMILES string of the molecule is C=C1Cc2ccc(C(=O)NCc3ccc(OC)cc3C(F)(F)F)cc2C1. The molecule has 0 saturated heterocycles. The lowest BCUT2D eigenvalue weighted by molar-refractivity contribution is -0.138. The molecular weight excluding hydrogens is 343 g/mol. The van der Waals surface area contributed by atoms with E-state index in [0.717, 1.165) is 35.6 Å². The van der Waals surface area contributed by atoms with Gasteiger partial charge < -0.3 is 10.1 Å². The Labute approximate surface area is 149 Å². The third-order valence-electron chi connectivity index (χ3n) is 4.41. The predicted octanol–water partition coefficient (Wildman–Crippen LogP) is 4.30. The number of fused-ring (bicyclic) bond motifs is 1. The molecule has 0 radical (unpaired) electrons. The highest BCUT2D eigenvalue weighted by atomic mass is 19.4. The van der Waals surface area contributed by atoms with Crippen LogP contribution in [0.4, 0.5) is 13.2 Å². The van der Waals surface area contributed by atoms with Crippen LogP contribution in [0.25, 0.3) is 0 Å². The highest BCUT2D eigenvalue weighted by molar-refractivity contribution is 5.94. The number of carbonyl (C=O) groups is 1. The second-order valence-electron chi connectivity index (χ2n) is 6.29. The van der Waals surface area contributed by atoms with E-state index in [2.05, 4.69) is 11.9 Å². The van der Waals surface area contributed by atoms with Gasteiger partial charge in [-0.2, -0.15) is 13.2 Å². The Bertz CT molecular complexity index is 872. The van der Waals surface area contributed by atoms with Crippen molar-refractivity contribution in [3.63, 3.8) is 0 Å². The smallest absolute Gasteiger partial charge is 0.416 e. The average molecular weight is 361 g/mol. The van der Waals surface area contributed by atoms with E-state index in [-0.39, 0.29) is 17.9 Å². The molecule has 1 aliphatic rings. The molecule has 136 valence electrons. The number of hydrogen-bond donors (Lipinski definition) is 1. The van der Waals surface area contributed by atoms with Gasteiger partial charge in [-0.25, -0.2) is 0 Å². The van der Waals surface area contributed by atoms with Gasteiger partial charge in [0.25, 0.3) is 5.91 Å². The zero-order valence-corrected chi connectivity index (χ0v) is 14.2. The Hall–Kier alpha value is -2.76. The van der Waals surface area contributed by atoms with Gasteiger partial charge in [-0.15, -0.1) is 0 Å². The number of carbonyl (C=O) groups excluding carboxylic acids is 1. The van der Waals surface area contributed by atoms with Gasteiger partial charge in [0.2, 0.25) is 0 Å². The Kier molecular flexibility index (Phi) is 4.76. The number of benzene rings is 2. The van der Waals surface area contributed by atoms with Gasteiger partial charge in [-0.1, -0.05) is 24.3 Å². The van der Waals surface area contributed by atoms with Gasteiger partial charge in [0.05, 0.1) is 12.7 Å². The van der Waals surface area contributed by atoms with Crippen molar-refractivity contribution in [1.29, 1.82) is 0 Å². The van der Waals surface area contributed by atoms with Crippen LogP contribution in [0.3, 0.4) is 0 Å². The largest absolute Gasteiger partial charge is 0.497 e. The molecule has 2 aromatic rings. The predicted molar refractivity (Wildman–Crippen MR) is 92.2 cm³/mol. The lowest BCUT2D eigenvalue weighted by Gasteiger charge is -2.15. The molecule has 26 heavy (non-hydrogen) atoms. The fourth-order valence-corrected chi connectivity index (χ4v) is 3.08. The molecule has 3 nitrogen and oxygen atoms in total. The highest BCUT2D eigenvalue weighted by Gasteiger charge is 2.33. The molecule has 0 bridgehead atoms. The fraction of sp³-hybridized carbons (Fsp3) is 0.250. The monoisotopic (exact) mass is 361 g/mol. The molecule has 1 N–H and O–H groups in total. The minimum absolute atomic E-state index is 0.0128. The third kappa shape index (κ3) is 3.74. The molecule has 0 unspecified atom stereocenters. The maximum absolute atomic E-state index is 13.2. The first-order chi connectivity index (χ1) is 12.3. The molecule has 0 atom stereocenters. The first kappa shape index (κ1) is 18.0. The van der Waals surface area contributed by atoms with Crippen molar-refractivity contribution in [1.82, 2.24) is 5.32 Å². The molecule has 2 aromatic carbocycles. The Morgan fingerprint density at radius 1 is 1.15 bits per heavy atom. The topological polar surface area (TPSA) is 38.3 Å². The van der Waals surface area contributed by atoms with Gasteiger partial charge in [0.15, 0.2) is 0 Å². The molecule has 0 saturated carbocycles. The number of allylic oxidation sites excluding steroid dienone is 1. The highest BCUT2D eigenvalue weighted by Crippen LogP contribution is 2.34. The summed E-state index contributed by atoms with van der Waals surface area (Å²) in [6.07, 6.45) is -2.99. The molecule has 0 fully saturated rings. The summed E-state index contributed by atoms with van der Waals surface area (Å²) in [7, 11) is 1.31. The van der Waals surface area contributed by atoms with Gasteiger partial charge in [-0.3, -0.25) is 4.79 Å². The van der Waals surface area contributed by atoms with Crippen LogP contribution in [0.2, 0.25) is 0 Å². The number of nitrogens with one attached hydrogen (secondary N) is 1. The quantitative estimate of drug-likeness (QED) is 0.825. The van der Waals surface area contributed by atoms with Gasteiger partial charge in [-0.05, 0) is 53.8 Å². The van der Waals surface area contributed by atoms with Crippen molar-refractivity contribution in [2.45, 2.75) is 25.6 Å². The van der Waals surface area contributed by atoms with E-state index in [9.17, 15) is 18.0 Å². The molecule has 6 heteroatoms. The molecule has 1 amide bonds. The van der Waals surface area contributed by atoms with Crippen molar-refractivity contribution in [2.75, 3.05) is 7.11 Å². The van der Waals surface area contributed by atoms with E-state index in [1.165, 1.54) is 19.2 Å². The second kappa shape index (κ2) is 6.86. The van der Waals surface area contributed by atoms with Crippen LogP contribution >= 0.6 is 0 Å². The van der Waals surface area contributed by atoms with Crippen LogP contribution in [0.15, 0.2) is 48.6 Å². The Morgan fingerprint density at radius 2 is 1.88 bits per heavy atom. The van der Waals surface area contributed by atoms with Crippen LogP contribution in [0, 0.1) is 0 Å². The average Bonchev–Trinajstić information content (AvgIpc) is 2.97. The molecular formula is C20H18F3NO2. The molecule has 0 spiro atoms. The van der Waals surface area contributed by atoms with Crippen LogP contribution < -0.4 is 10.1 Å². The number of rotatable bonds is 4. The maximum atomic E-state index is 13.2. The normalized spacial score (nSPS) is 13.5. The summed E-state index contributed by atoms with van der Waals surface area (Å²) in [5, 5.41) is 2.57. The summed E-state index contributed by atoms with van der Waals surface area (Å²) in [6.45, 7) is 3.73. The number of ether oxygens (including phenoxy) is 1. The van der Waals surface area contributed by atoms with E-state index < -0.39 is 17.6 Å². The first-order valence-electron chi connectivity index (χ1n) is 8.08. The van der Waals surface area contributed by atoms with Crippen LogP contribution in [0.5, 0.6) is 5.75 Å². The van der Waals surface area contributed by atoms with Crippen molar-refractivity contribution in [3.8, 4) is 5.75 Å². The van der Waals surface area contributed by atoms with Crippen molar-refractivity contribution in [2.24, 2.45) is 0 Å². The zero-order chi connectivity index (χ0) is 18.9. The van der Waals surface area contributed by atoms with Crippen molar-refractivity contribution < 1.29 is 22.7 Å². The van der Waals surface area contributed by atoms with E-state index in [1.807, 2.05) is 6.07 Å². The van der Waals surface area contributed by atoms with E-state index >= 15 is 0 Å². The van der Waals surface area contributed by atoms with Crippen molar-refractivity contribution in [3.05, 3.63) is 76.4 Å². The molecule has 0 heterocycles. The number of methoxy groups -OCH3 is 1. The number of hydrogen-bond acceptors (Lipinski definition) is 2. The first-order valence-corrected chi connectivity index (χ1v) is 8.08.